The number of hydrogen-bond acceptors (Lipinski definition) is 3. The van der Waals surface area contributed by atoms with Crippen LogP contribution < -0.4 is 5.32 Å². The first-order valence-corrected chi connectivity index (χ1v) is 7.25. The van der Waals surface area contributed by atoms with Gasteiger partial charge in [0.15, 0.2) is 0 Å². The van der Waals surface area contributed by atoms with Crippen LogP contribution in [-0.2, 0) is 14.4 Å². The van der Waals surface area contributed by atoms with Crippen molar-refractivity contribution in [1.82, 2.24) is 10.2 Å². The predicted octanol–water partition coefficient (Wildman–Crippen LogP) is 0.613. The molecule has 2 atom stereocenters. The summed E-state index contributed by atoms with van der Waals surface area (Å²) in [7, 11) is 0. The Bertz CT molecular complexity index is 417. The topological polar surface area (TPSA) is 86.7 Å². The number of carboxylic acid groups (broad SMARTS) is 1. The van der Waals surface area contributed by atoms with Crippen LogP contribution in [0, 0.1) is 11.8 Å². The molecule has 1 heterocycles. The van der Waals surface area contributed by atoms with E-state index in [1.807, 2.05) is 0 Å². The number of amides is 2. The lowest BCUT2D eigenvalue weighted by atomic mass is 10.0. The van der Waals surface area contributed by atoms with Crippen LogP contribution in [0.1, 0.15) is 39.5 Å². The smallest absolute Gasteiger partial charge is 0.326 e. The molecule has 6 heteroatoms. The van der Waals surface area contributed by atoms with Crippen LogP contribution in [0.2, 0.25) is 0 Å². The number of nitrogens with one attached hydrogen (secondary N) is 1. The van der Waals surface area contributed by atoms with Crippen molar-refractivity contribution in [3.05, 3.63) is 0 Å². The number of rotatable bonds is 5. The fourth-order valence-corrected chi connectivity index (χ4v) is 2.63. The minimum atomic E-state index is -1.04. The summed E-state index contributed by atoms with van der Waals surface area (Å²) in [6.45, 7) is 4.11. The molecule has 1 saturated heterocycles. The lowest BCUT2D eigenvalue weighted by Gasteiger charge is -2.26. The van der Waals surface area contributed by atoms with Crippen LogP contribution in [0.4, 0.5) is 0 Å². The lowest BCUT2D eigenvalue weighted by Crippen LogP contribution is -2.52. The maximum atomic E-state index is 12.3. The Morgan fingerprint density at radius 1 is 1.20 bits per heavy atom. The fraction of sp³-hybridized carbons (Fsp3) is 0.786. The Kier molecular flexibility index (Phi) is 4.30. The minimum absolute atomic E-state index is 0.0547. The van der Waals surface area contributed by atoms with Gasteiger partial charge in [0.05, 0.1) is 0 Å². The molecule has 0 aromatic carbocycles. The molecule has 2 fully saturated rings. The molecule has 0 aromatic heterocycles. The number of carbonyl (C=O) groups is 3. The van der Waals surface area contributed by atoms with E-state index in [0.29, 0.717) is 13.0 Å². The summed E-state index contributed by atoms with van der Waals surface area (Å²) in [6, 6.07) is -1.40. The van der Waals surface area contributed by atoms with Crippen molar-refractivity contribution in [2.45, 2.75) is 51.6 Å². The molecule has 20 heavy (non-hydrogen) atoms. The third-order valence-corrected chi connectivity index (χ3v) is 4.00. The summed E-state index contributed by atoms with van der Waals surface area (Å²) in [5, 5.41) is 11.7. The number of hydrogen-bond donors (Lipinski definition) is 2. The monoisotopic (exact) mass is 282 g/mol. The zero-order chi connectivity index (χ0) is 14.9. The molecule has 6 nitrogen and oxygen atoms in total. The summed E-state index contributed by atoms with van der Waals surface area (Å²) in [4.78, 5) is 37.1. The molecular formula is C14H22N2O4. The Morgan fingerprint density at radius 3 is 2.35 bits per heavy atom. The Labute approximate surface area is 118 Å². The summed E-state index contributed by atoms with van der Waals surface area (Å²) in [5.41, 5.74) is 0. The third-order valence-electron chi connectivity index (χ3n) is 4.00. The average molecular weight is 282 g/mol. The lowest BCUT2D eigenvalue weighted by molar-refractivity contribution is -0.145. The molecular weight excluding hydrogens is 260 g/mol. The van der Waals surface area contributed by atoms with Gasteiger partial charge in [-0.3, -0.25) is 9.59 Å². The standard InChI is InChI=1S/C14H22N2O4/c1-8(2)11(14(19)20)15-12(17)10-4-3-7-16(10)13(18)9-5-6-9/h8-11H,3-7H2,1-2H3,(H,15,17)(H,19,20). The van der Waals surface area contributed by atoms with Crippen LogP contribution >= 0.6 is 0 Å². The minimum Gasteiger partial charge on any atom is -0.480 e. The van der Waals surface area contributed by atoms with Crippen molar-refractivity contribution in [2.24, 2.45) is 11.8 Å². The molecule has 0 spiro atoms. The van der Waals surface area contributed by atoms with Gasteiger partial charge in [0, 0.05) is 12.5 Å². The SMILES string of the molecule is CC(C)C(NC(=O)C1CCCN1C(=O)C1CC1)C(=O)O. The number of likely N-dealkylation sites (tertiary alicyclic amines) is 1. The Balaban J connectivity index is 2.00. The summed E-state index contributed by atoms with van der Waals surface area (Å²) < 4.78 is 0. The van der Waals surface area contributed by atoms with Gasteiger partial charge in [-0.05, 0) is 31.6 Å². The quantitative estimate of drug-likeness (QED) is 0.773. The van der Waals surface area contributed by atoms with Crippen LogP contribution in [0.25, 0.3) is 0 Å². The second-order valence-electron chi connectivity index (χ2n) is 6.03. The molecule has 2 aliphatic rings. The summed E-state index contributed by atoms with van der Waals surface area (Å²) in [6.07, 6.45) is 3.24. The molecule has 1 aliphatic carbocycles. The van der Waals surface area contributed by atoms with Gasteiger partial charge in [-0.15, -0.1) is 0 Å². The highest BCUT2D eigenvalue weighted by molar-refractivity contribution is 5.92. The van der Waals surface area contributed by atoms with E-state index in [0.717, 1.165) is 19.3 Å². The van der Waals surface area contributed by atoms with Crippen LogP contribution in [0.15, 0.2) is 0 Å². The van der Waals surface area contributed by atoms with Crippen molar-refractivity contribution in [2.75, 3.05) is 6.54 Å². The van der Waals surface area contributed by atoms with Crippen LogP contribution in [-0.4, -0.2) is 46.4 Å². The maximum Gasteiger partial charge on any atom is 0.326 e. The van der Waals surface area contributed by atoms with Crippen molar-refractivity contribution < 1.29 is 19.5 Å². The third kappa shape index (κ3) is 3.11. The van der Waals surface area contributed by atoms with E-state index in [4.69, 9.17) is 5.11 Å². The predicted molar refractivity (Wildman–Crippen MR) is 71.9 cm³/mol. The molecule has 1 aliphatic heterocycles. The van der Waals surface area contributed by atoms with Gasteiger partial charge in [0.2, 0.25) is 11.8 Å². The van der Waals surface area contributed by atoms with Gasteiger partial charge >= 0.3 is 5.97 Å². The van der Waals surface area contributed by atoms with E-state index in [9.17, 15) is 14.4 Å². The van der Waals surface area contributed by atoms with Gasteiger partial charge in [-0.2, -0.15) is 0 Å². The Morgan fingerprint density at radius 2 is 1.85 bits per heavy atom. The van der Waals surface area contributed by atoms with Gasteiger partial charge in [-0.25, -0.2) is 4.79 Å². The highest BCUT2D eigenvalue weighted by Crippen LogP contribution is 2.33. The highest BCUT2D eigenvalue weighted by atomic mass is 16.4. The van der Waals surface area contributed by atoms with Crippen molar-refractivity contribution in [1.29, 1.82) is 0 Å². The van der Waals surface area contributed by atoms with Gasteiger partial charge in [0.25, 0.3) is 0 Å². The number of carbonyl (C=O) groups excluding carboxylic acids is 2. The van der Waals surface area contributed by atoms with E-state index in [1.165, 1.54) is 0 Å². The average Bonchev–Trinajstić information content (AvgIpc) is 3.11. The first kappa shape index (κ1) is 14.8. The second kappa shape index (κ2) is 5.81. The van der Waals surface area contributed by atoms with E-state index < -0.39 is 18.1 Å². The van der Waals surface area contributed by atoms with Gasteiger partial charge in [-0.1, -0.05) is 13.8 Å². The number of nitrogens with zero attached hydrogens (tertiary/aromatic N) is 1. The molecule has 0 bridgehead atoms. The van der Waals surface area contributed by atoms with Crippen LogP contribution in [0.5, 0.6) is 0 Å². The molecule has 2 N–H and O–H groups in total. The second-order valence-corrected chi connectivity index (χ2v) is 6.03. The van der Waals surface area contributed by atoms with Crippen LogP contribution in [0.3, 0.4) is 0 Å². The van der Waals surface area contributed by atoms with Crippen molar-refractivity contribution in [3.63, 3.8) is 0 Å². The van der Waals surface area contributed by atoms with Gasteiger partial charge in [0.1, 0.15) is 12.1 Å². The molecule has 2 rings (SSSR count). The molecule has 2 unspecified atom stereocenters. The zero-order valence-corrected chi connectivity index (χ0v) is 12.0. The van der Waals surface area contributed by atoms with Crippen molar-refractivity contribution >= 4 is 17.8 Å². The molecule has 0 aromatic rings. The normalized spacial score (nSPS) is 23.8. The summed E-state index contributed by atoms with van der Waals surface area (Å²) >= 11 is 0. The molecule has 112 valence electrons. The molecule has 2 amide bonds. The largest absolute Gasteiger partial charge is 0.480 e. The van der Waals surface area contributed by atoms with Gasteiger partial charge < -0.3 is 15.3 Å². The maximum absolute atomic E-state index is 12.3. The first-order chi connectivity index (χ1) is 9.41. The molecule has 1 saturated carbocycles. The van der Waals surface area contributed by atoms with Crippen molar-refractivity contribution in [3.8, 4) is 0 Å². The van der Waals surface area contributed by atoms with E-state index in [-0.39, 0.29) is 23.7 Å². The Hall–Kier alpha value is -1.59. The zero-order valence-electron chi connectivity index (χ0n) is 12.0. The first-order valence-electron chi connectivity index (χ1n) is 7.25. The van der Waals surface area contributed by atoms with E-state index in [2.05, 4.69) is 5.32 Å². The number of aliphatic carboxylic acids is 1. The highest BCUT2D eigenvalue weighted by Gasteiger charge is 2.41. The van der Waals surface area contributed by atoms with E-state index in [1.54, 1.807) is 18.7 Å². The molecule has 0 radical (unpaired) electrons. The number of carboxylic acids is 1. The summed E-state index contributed by atoms with van der Waals surface area (Å²) in [5.74, 6) is -1.42. The van der Waals surface area contributed by atoms with E-state index >= 15 is 0 Å². The fourth-order valence-electron chi connectivity index (χ4n) is 2.63.